The maximum Gasteiger partial charge on any atom is 0.236 e. The number of hydrogen-bond acceptors (Lipinski definition) is 4. The third kappa shape index (κ3) is 4.63. The van der Waals surface area contributed by atoms with Gasteiger partial charge < -0.3 is 10.6 Å². The van der Waals surface area contributed by atoms with E-state index in [2.05, 4.69) is 16.7 Å². The molecule has 6 heteroatoms. The summed E-state index contributed by atoms with van der Waals surface area (Å²) in [5, 5.41) is 0. The molecule has 0 aromatic rings. The molecule has 2 N–H and O–H groups in total. The maximum absolute atomic E-state index is 12.3. The highest BCUT2D eigenvalue weighted by Gasteiger charge is 2.26. The highest BCUT2D eigenvalue weighted by molar-refractivity contribution is 7.80. The van der Waals surface area contributed by atoms with Crippen molar-refractivity contribution in [3.8, 4) is 0 Å². The van der Waals surface area contributed by atoms with Gasteiger partial charge in [0, 0.05) is 39.3 Å². The summed E-state index contributed by atoms with van der Waals surface area (Å²) in [7, 11) is 0. The fourth-order valence-electron chi connectivity index (χ4n) is 3.31. The Bertz CT molecular complexity index is 363. The molecule has 0 saturated carbocycles. The number of piperazine rings is 1. The summed E-state index contributed by atoms with van der Waals surface area (Å²) in [6.45, 7) is 8.33. The molecule has 1 amide bonds. The molecule has 5 nitrogen and oxygen atoms in total. The molecule has 2 rings (SSSR count). The fraction of sp³-hybridized carbons (Fsp3) is 0.867. The summed E-state index contributed by atoms with van der Waals surface area (Å²) in [6, 6.07) is 0.208. The highest BCUT2D eigenvalue weighted by atomic mass is 32.1. The first kappa shape index (κ1) is 16.6. The Balaban J connectivity index is 1.75. The van der Waals surface area contributed by atoms with Crippen molar-refractivity contribution in [1.82, 2.24) is 14.7 Å². The molecular weight excluding hydrogens is 284 g/mol. The van der Waals surface area contributed by atoms with Gasteiger partial charge in [-0.15, -0.1) is 0 Å². The quantitative estimate of drug-likeness (QED) is 0.757. The summed E-state index contributed by atoms with van der Waals surface area (Å²) >= 11 is 5.14. The number of carbonyl (C=O) groups is 1. The normalized spacial score (nSPS) is 23.0. The number of rotatable bonds is 5. The predicted octanol–water partition coefficient (Wildman–Crippen LogP) is 0.681. The van der Waals surface area contributed by atoms with Crippen LogP contribution in [0.15, 0.2) is 0 Å². The molecule has 21 heavy (non-hydrogen) atoms. The Labute approximate surface area is 133 Å². The Hall–Kier alpha value is -0.720. The largest absolute Gasteiger partial charge is 0.392 e. The van der Waals surface area contributed by atoms with E-state index in [0.717, 1.165) is 58.5 Å². The molecule has 1 atom stereocenters. The van der Waals surface area contributed by atoms with Crippen LogP contribution in [0.3, 0.4) is 0 Å². The predicted molar refractivity (Wildman–Crippen MR) is 89.3 cm³/mol. The molecular formula is C15H28N4OS. The second kappa shape index (κ2) is 8.06. The van der Waals surface area contributed by atoms with Crippen LogP contribution in [0.2, 0.25) is 0 Å². The lowest BCUT2D eigenvalue weighted by Gasteiger charge is -2.39. The zero-order valence-electron chi connectivity index (χ0n) is 13.1. The van der Waals surface area contributed by atoms with Crippen LogP contribution in [0.5, 0.6) is 0 Å². The molecule has 1 unspecified atom stereocenters. The molecule has 0 radical (unpaired) electrons. The smallest absolute Gasteiger partial charge is 0.236 e. The van der Waals surface area contributed by atoms with Gasteiger partial charge in [-0.3, -0.25) is 14.6 Å². The molecule has 2 fully saturated rings. The zero-order chi connectivity index (χ0) is 15.2. The van der Waals surface area contributed by atoms with E-state index >= 15 is 0 Å². The second-order valence-electron chi connectivity index (χ2n) is 6.08. The van der Waals surface area contributed by atoms with Crippen molar-refractivity contribution in [3.63, 3.8) is 0 Å². The van der Waals surface area contributed by atoms with E-state index in [0.29, 0.717) is 17.4 Å². The van der Waals surface area contributed by atoms with Gasteiger partial charge in [0.2, 0.25) is 5.91 Å². The molecule has 0 bridgehead atoms. The van der Waals surface area contributed by atoms with Gasteiger partial charge in [-0.1, -0.05) is 19.1 Å². The van der Waals surface area contributed by atoms with E-state index in [1.807, 2.05) is 4.90 Å². The van der Waals surface area contributed by atoms with Crippen molar-refractivity contribution in [1.29, 1.82) is 0 Å². The SMILES string of the molecule is CCC(C(N)=S)N1CCN(CC(=O)N2CCCCC2)CC1. The topological polar surface area (TPSA) is 52.8 Å². The Morgan fingerprint density at radius 3 is 2.24 bits per heavy atom. The van der Waals surface area contributed by atoms with Crippen LogP contribution in [-0.4, -0.2) is 77.5 Å². The van der Waals surface area contributed by atoms with Crippen molar-refractivity contribution < 1.29 is 4.79 Å². The molecule has 2 saturated heterocycles. The molecule has 120 valence electrons. The van der Waals surface area contributed by atoms with Gasteiger partial charge in [-0.05, 0) is 25.7 Å². The Morgan fingerprint density at radius 2 is 1.71 bits per heavy atom. The molecule has 0 spiro atoms. The van der Waals surface area contributed by atoms with Gasteiger partial charge in [-0.2, -0.15) is 0 Å². The lowest BCUT2D eigenvalue weighted by Crippen LogP contribution is -2.55. The van der Waals surface area contributed by atoms with Gasteiger partial charge in [0.25, 0.3) is 0 Å². The van der Waals surface area contributed by atoms with E-state index in [1.165, 1.54) is 6.42 Å². The van der Waals surface area contributed by atoms with Crippen LogP contribution in [0.4, 0.5) is 0 Å². The van der Waals surface area contributed by atoms with Crippen LogP contribution in [0.25, 0.3) is 0 Å². The lowest BCUT2D eigenvalue weighted by atomic mass is 10.1. The van der Waals surface area contributed by atoms with E-state index in [1.54, 1.807) is 0 Å². The summed E-state index contributed by atoms with van der Waals surface area (Å²) in [5.74, 6) is 0.296. The monoisotopic (exact) mass is 312 g/mol. The van der Waals surface area contributed by atoms with Gasteiger partial charge in [0.15, 0.2) is 0 Å². The van der Waals surface area contributed by atoms with E-state index in [-0.39, 0.29) is 6.04 Å². The Morgan fingerprint density at radius 1 is 1.10 bits per heavy atom. The number of piperidine rings is 1. The number of likely N-dealkylation sites (tertiary alicyclic amines) is 1. The first-order chi connectivity index (χ1) is 10.1. The third-order valence-electron chi connectivity index (χ3n) is 4.63. The zero-order valence-corrected chi connectivity index (χ0v) is 13.9. The maximum atomic E-state index is 12.3. The minimum atomic E-state index is 0.208. The van der Waals surface area contributed by atoms with Crippen LogP contribution in [-0.2, 0) is 4.79 Å². The molecule has 2 heterocycles. The van der Waals surface area contributed by atoms with Crippen molar-refractivity contribution >= 4 is 23.1 Å². The standard InChI is InChI=1S/C15H28N4OS/c1-2-13(15(16)21)18-10-8-17(9-11-18)12-14(20)19-6-4-3-5-7-19/h13H,2-12H2,1H3,(H2,16,21). The summed E-state index contributed by atoms with van der Waals surface area (Å²) in [5.41, 5.74) is 5.81. The molecule has 0 aromatic heterocycles. The molecule has 2 aliphatic rings. The first-order valence-electron chi connectivity index (χ1n) is 8.15. The van der Waals surface area contributed by atoms with Crippen molar-refractivity contribution in [3.05, 3.63) is 0 Å². The molecule has 2 aliphatic heterocycles. The first-order valence-corrected chi connectivity index (χ1v) is 8.56. The van der Waals surface area contributed by atoms with Crippen LogP contribution in [0, 0.1) is 0 Å². The minimum absolute atomic E-state index is 0.208. The van der Waals surface area contributed by atoms with E-state index in [4.69, 9.17) is 18.0 Å². The fourth-order valence-corrected chi connectivity index (χ4v) is 3.62. The number of amides is 1. The minimum Gasteiger partial charge on any atom is -0.392 e. The van der Waals surface area contributed by atoms with Crippen molar-refractivity contribution in [2.75, 3.05) is 45.8 Å². The van der Waals surface area contributed by atoms with E-state index in [9.17, 15) is 4.79 Å². The highest BCUT2D eigenvalue weighted by Crippen LogP contribution is 2.12. The number of carbonyl (C=O) groups excluding carboxylic acids is 1. The number of hydrogen-bond donors (Lipinski definition) is 1. The van der Waals surface area contributed by atoms with Crippen molar-refractivity contribution in [2.24, 2.45) is 5.73 Å². The summed E-state index contributed by atoms with van der Waals surface area (Å²) < 4.78 is 0. The van der Waals surface area contributed by atoms with Crippen LogP contribution >= 0.6 is 12.2 Å². The lowest BCUT2D eigenvalue weighted by molar-refractivity contribution is -0.133. The average molecular weight is 312 g/mol. The molecule has 0 aromatic carbocycles. The van der Waals surface area contributed by atoms with Gasteiger partial charge in [0.05, 0.1) is 17.6 Å². The van der Waals surface area contributed by atoms with Crippen LogP contribution < -0.4 is 5.73 Å². The third-order valence-corrected chi connectivity index (χ3v) is 4.90. The van der Waals surface area contributed by atoms with Gasteiger partial charge >= 0.3 is 0 Å². The van der Waals surface area contributed by atoms with Crippen LogP contribution in [0.1, 0.15) is 32.6 Å². The average Bonchev–Trinajstić information content (AvgIpc) is 2.50. The van der Waals surface area contributed by atoms with E-state index < -0.39 is 0 Å². The summed E-state index contributed by atoms with van der Waals surface area (Å²) in [6.07, 6.45) is 4.54. The van der Waals surface area contributed by atoms with Gasteiger partial charge in [0.1, 0.15) is 0 Å². The number of nitrogens with two attached hydrogens (primary N) is 1. The number of nitrogens with zero attached hydrogens (tertiary/aromatic N) is 3. The molecule has 0 aliphatic carbocycles. The second-order valence-corrected chi connectivity index (χ2v) is 6.55. The van der Waals surface area contributed by atoms with Gasteiger partial charge in [-0.25, -0.2) is 0 Å². The van der Waals surface area contributed by atoms with Crippen molar-refractivity contribution in [2.45, 2.75) is 38.6 Å². The summed E-state index contributed by atoms with van der Waals surface area (Å²) in [4.78, 5) is 19.5. The Kier molecular flexibility index (Phi) is 6.39. The number of thiocarbonyl (C=S) groups is 1.